The van der Waals surface area contributed by atoms with E-state index in [4.69, 9.17) is 9.47 Å². The molecule has 2 amide bonds. The Morgan fingerprint density at radius 1 is 1.07 bits per heavy atom. The van der Waals surface area contributed by atoms with Gasteiger partial charge in [0, 0.05) is 19.2 Å². The van der Waals surface area contributed by atoms with Gasteiger partial charge in [-0.05, 0) is 62.2 Å². The molecule has 0 aromatic heterocycles. The number of rotatable bonds is 9. The lowest BCUT2D eigenvalue weighted by molar-refractivity contribution is -0.132. The summed E-state index contributed by atoms with van der Waals surface area (Å²) in [5, 5.41) is 2.82. The zero-order chi connectivity index (χ0) is 20.5. The monoisotopic (exact) mass is 384 g/mol. The summed E-state index contributed by atoms with van der Waals surface area (Å²) < 4.78 is 10.8. The second-order valence-corrected chi connectivity index (χ2v) is 6.78. The maximum absolute atomic E-state index is 12.3. The molecule has 150 valence electrons. The molecule has 6 nitrogen and oxygen atoms in total. The highest BCUT2D eigenvalue weighted by atomic mass is 16.5. The molecule has 2 rings (SSSR count). The molecule has 0 saturated carbocycles. The molecule has 2 aromatic carbocycles. The van der Waals surface area contributed by atoms with Crippen molar-refractivity contribution in [2.45, 2.75) is 33.3 Å². The standard InChI is InChI=1S/C22H28N2O4/c1-16(2)28-20-10-8-19(9-11-20)23-22(26)15-24(17(3)25)13-12-18-6-5-7-21(14-18)27-4/h5-11,14,16H,12-13,15H2,1-4H3,(H,23,26). The van der Waals surface area contributed by atoms with Gasteiger partial charge >= 0.3 is 0 Å². The molecule has 28 heavy (non-hydrogen) atoms. The maximum Gasteiger partial charge on any atom is 0.243 e. The Morgan fingerprint density at radius 3 is 2.39 bits per heavy atom. The average molecular weight is 384 g/mol. The van der Waals surface area contributed by atoms with Crippen molar-refractivity contribution in [2.75, 3.05) is 25.5 Å². The number of benzene rings is 2. The van der Waals surface area contributed by atoms with Gasteiger partial charge in [0.25, 0.3) is 0 Å². The zero-order valence-corrected chi connectivity index (χ0v) is 16.9. The third kappa shape index (κ3) is 6.95. The van der Waals surface area contributed by atoms with Crippen molar-refractivity contribution in [3.63, 3.8) is 0 Å². The van der Waals surface area contributed by atoms with Crippen molar-refractivity contribution < 1.29 is 19.1 Å². The number of hydrogen-bond acceptors (Lipinski definition) is 4. The molecule has 0 bridgehead atoms. The molecule has 1 N–H and O–H groups in total. The maximum atomic E-state index is 12.3. The molecule has 0 spiro atoms. The number of ether oxygens (including phenoxy) is 2. The predicted molar refractivity (Wildman–Crippen MR) is 110 cm³/mol. The lowest BCUT2D eigenvalue weighted by Gasteiger charge is -2.21. The van der Waals surface area contributed by atoms with E-state index in [-0.39, 0.29) is 24.5 Å². The van der Waals surface area contributed by atoms with Crippen molar-refractivity contribution in [1.82, 2.24) is 4.90 Å². The van der Waals surface area contributed by atoms with Crippen LogP contribution in [0.4, 0.5) is 5.69 Å². The lowest BCUT2D eigenvalue weighted by Crippen LogP contribution is -2.38. The molecule has 0 aliphatic carbocycles. The fourth-order valence-electron chi connectivity index (χ4n) is 2.70. The highest BCUT2D eigenvalue weighted by Crippen LogP contribution is 2.17. The average Bonchev–Trinajstić information content (AvgIpc) is 2.66. The Balaban J connectivity index is 1.90. The van der Waals surface area contributed by atoms with E-state index in [0.717, 1.165) is 17.1 Å². The van der Waals surface area contributed by atoms with Crippen LogP contribution in [0.15, 0.2) is 48.5 Å². The Hall–Kier alpha value is -3.02. The number of methoxy groups -OCH3 is 1. The van der Waals surface area contributed by atoms with E-state index in [1.165, 1.54) is 11.8 Å². The van der Waals surface area contributed by atoms with Gasteiger partial charge in [0.2, 0.25) is 11.8 Å². The largest absolute Gasteiger partial charge is 0.497 e. The summed E-state index contributed by atoms with van der Waals surface area (Å²) in [6, 6.07) is 14.9. The number of hydrogen-bond donors (Lipinski definition) is 1. The van der Waals surface area contributed by atoms with Crippen LogP contribution in [-0.4, -0.2) is 43.0 Å². The second kappa shape index (κ2) is 10.3. The molecule has 0 radical (unpaired) electrons. The molecule has 0 heterocycles. The van der Waals surface area contributed by atoms with Crippen LogP contribution < -0.4 is 14.8 Å². The van der Waals surface area contributed by atoms with Gasteiger partial charge in [-0.15, -0.1) is 0 Å². The van der Waals surface area contributed by atoms with Crippen LogP contribution in [0.2, 0.25) is 0 Å². The van der Waals surface area contributed by atoms with Crippen molar-refractivity contribution in [1.29, 1.82) is 0 Å². The Bertz CT molecular complexity index is 787. The summed E-state index contributed by atoms with van der Waals surface area (Å²) in [5.41, 5.74) is 1.71. The SMILES string of the molecule is COc1cccc(CCN(CC(=O)Nc2ccc(OC(C)C)cc2)C(C)=O)c1. The smallest absolute Gasteiger partial charge is 0.243 e. The molecule has 6 heteroatoms. The van der Waals surface area contributed by atoms with Crippen LogP contribution in [0.3, 0.4) is 0 Å². The van der Waals surface area contributed by atoms with E-state index in [1.54, 1.807) is 31.4 Å². The zero-order valence-electron chi connectivity index (χ0n) is 16.9. The molecule has 0 unspecified atom stereocenters. The molecule has 0 aliphatic heterocycles. The van der Waals surface area contributed by atoms with Gasteiger partial charge in [0.15, 0.2) is 0 Å². The third-order valence-corrected chi connectivity index (χ3v) is 4.09. The van der Waals surface area contributed by atoms with Gasteiger partial charge in [-0.25, -0.2) is 0 Å². The normalized spacial score (nSPS) is 10.5. The van der Waals surface area contributed by atoms with Crippen molar-refractivity contribution in [3.05, 3.63) is 54.1 Å². The van der Waals surface area contributed by atoms with Gasteiger partial charge in [-0.1, -0.05) is 12.1 Å². The van der Waals surface area contributed by atoms with Crippen LogP contribution in [0.5, 0.6) is 11.5 Å². The fraction of sp³-hybridized carbons (Fsp3) is 0.364. The minimum Gasteiger partial charge on any atom is -0.497 e. The molecule has 0 saturated heterocycles. The predicted octanol–water partition coefficient (Wildman–Crippen LogP) is 3.51. The summed E-state index contributed by atoms with van der Waals surface area (Å²) in [5.74, 6) is 1.14. The van der Waals surface area contributed by atoms with E-state index in [1.807, 2.05) is 38.1 Å². The van der Waals surface area contributed by atoms with Gasteiger partial charge < -0.3 is 19.7 Å². The van der Waals surface area contributed by atoms with Gasteiger partial charge in [-0.3, -0.25) is 9.59 Å². The number of nitrogens with zero attached hydrogens (tertiary/aromatic N) is 1. The highest BCUT2D eigenvalue weighted by Gasteiger charge is 2.14. The summed E-state index contributed by atoms with van der Waals surface area (Å²) in [7, 11) is 1.62. The van der Waals surface area contributed by atoms with E-state index in [0.29, 0.717) is 18.7 Å². The first-order valence-electron chi connectivity index (χ1n) is 9.32. The first kappa shape index (κ1) is 21.3. The minimum absolute atomic E-state index is 0.00352. The number of anilines is 1. The highest BCUT2D eigenvalue weighted by molar-refractivity contribution is 5.94. The Kier molecular flexibility index (Phi) is 7.87. The lowest BCUT2D eigenvalue weighted by atomic mass is 10.1. The molecule has 2 aromatic rings. The fourth-order valence-corrected chi connectivity index (χ4v) is 2.70. The third-order valence-electron chi connectivity index (χ3n) is 4.09. The van der Waals surface area contributed by atoms with Crippen LogP contribution in [0, 0.1) is 0 Å². The second-order valence-electron chi connectivity index (χ2n) is 6.78. The van der Waals surface area contributed by atoms with Gasteiger partial charge in [-0.2, -0.15) is 0 Å². The van der Waals surface area contributed by atoms with E-state index < -0.39 is 0 Å². The molecule has 0 aliphatic rings. The molecular formula is C22H28N2O4. The number of amides is 2. The molecular weight excluding hydrogens is 356 g/mol. The van der Waals surface area contributed by atoms with Crippen LogP contribution in [0.25, 0.3) is 0 Å². The number of nitrogens with one attached hydrogen (secondary N) is 1. The minimum atomic E-state index is -0.238. The first-order chi connectivity index (χ1) is 13.4. The van der Waals surface area contributed by atoms with Crippen LogP contribution in [0.1, 0.15) is 26.3 Å². The topological polar surface area (TPSA) is 67.9 Å². The van der Waals surface area contributed by atoms with Crippen LogP contribution in [-0.2, 0) is 16.0 Å². The van der Waals surface area contributed by atoms with Gasteiger partial charge in [0.1, 0.15) is 11.5 Å². The summed E-state index contributed by atoms with van der Waals surface area (Å²) in [6.45, 7) is 5.84. The summed E-state index contributed by atoms with van der Waals surface area (Å²) in [6.07, 6.45) is 0.736. The number of carbonyl (C=O) groups excluding carboxylic acids is 2. The first-order valence-corrected chi connectivity index (χ1v) is 9.32. The quantitative estimate of drug-likeness (QED) is 0.718. The summed E-state index contributed by atoms with van der Waals surface area (Å²) >= 11 is 0. The van der Waals surface area contributed by atoms with Gasteiger partial charge in [0.05, 0.1) is 19.8 Å². The summed E-state index contributed by atoms with van der Waals surface area (Å²) in [4.78, 5) is 25.8. The molecule has 0 fully saturated rings. The Morgan fingerprint density at radius 2 is 1.79 bits per heavy atom. The van der Waals surface area contributed by atoms with Crippen molar-refractivity contribution in [2.24, 2.45) is 0 Å². The van der Waals surface area contributed by atoms with Crippen LogP contribution >= 0.6 is 0 Å². The van der Waals surface area contributed by atoms with E-state index in [2.05, 4.69) is 5.32 Å². The van der Waals surface area contributed by atoms with E-state index in [9.17, 15) is 9.59 Å². The van der Waals surface area contributed by atoms with E-state index >= 15 is 0 Å². The Labute approximate surface area is 166 Å². The van der Waals surface area contributed by atoms with Crippen molar-refractivity contribution in [3.8, 4) is 11.5 Å². The van der Waals surface area contributed by atoms with Crippen molar-refractivity contribution >= 4 is 17.5 Å². The number of carbonyl (C=O) groups is 2. The molecule has 0 atom stereocenters.